The van der Waals surface area contributed by atoms with Crippen LogP contribution < -0.4 is 0 Å². The Morgan fingerprint density at radius 1 is 1.16 bits per heavy atom. The third-order valence-electron chi connectivity index (χ3n) is 4.86. The topological polar surface area (TPSA) is 56.0 Å². The number of aryl methyl sites for hydroxylation is 2. The van der Waals surface area contributed by atoms with Gasteiger partial charge in [-0.3, -0.25) is 14.2 Å². The van der Waals surface area contributed by atoms with Gasteiger partial charge in [-0.1, -0.05) is 18.2 Å². The number of fused-ring (bicyclic) bond motifs is 1. The summed E-state index contributed by atoms with van der Waals surface area (Å²) in [4.78, 5) is 13.7. The first-order valence-electron chi connectivity index (χ1n) is 8.42. The summed E-state index contributed by atoms with van der Waals surface area (Å²) in [5.74, 6) is 0.115. The fraction of sp³-hybridized carbons (Fsp3) is 0.316. The van der Waals surface area contributed by atoms with Crippen LogP contribution in [0.4, 0.5) is 0 Å². The van der Waals surface area contributed by atoms with Crippen molar-refractivity contribution in [3.63, 3.8) is 0 Å². The van der Waals surface area contributed by atoms with Gasteiger partial charge in [0.2, 0.25) is 5.91 Å². The van der Waals surface area contributed by atoms with Crippen LogP contribution in [0, 0.1) is 0 Å². The van der Waals surface area contributed by atoms with Crippen molar-refractivity contribution in [2.45, 2.75) is 19.9 Å². The van der Waals surface area contributed by atoms with E-state index in [0.717, 1.165) is 40.9 Å². The average molecular weight is 335 g/mol. The summed E-state index contributed by atoms with van der Waals surface area (Å²) in [6.45, 7) is 3.02. The average Bonchev–Trinajstić information content (AvgIpc) is 3.18. The maximum Gasteiger partial charge on any atom is 0.219 e. The molecule has 25 heavy (non-hydrogen) atoms. The summed E-state index contributed by atoms with van der Waals surface area (Å²) in [5.41, 5.74) is 6.62. The highest BCUT2D eigenvalue weighted by molar-refractivity contribution is 5.76. The number of nitrogens with zero attached hydrogens (tertiary/aromatic N) is 5. The van der Waals surface area contributed by atoms with Gasteiger partial charge >= 0.3 is 0 Å². The number of hydrogen-bond donors (Lipinski definition) is 0. The van der Waals surface area contributed by atoms with Crippen LogP contribution >= 0.6 is 0 Å². The molecule has 0 atom stereocenters. The van der Waals surface area contributed by atoms with Gasteiger partial charge in [0.25, 0.3) is 0 Å². The minimum absolute atomic E-state index is 0.115. The molecular weight excluding hydrogens is 314 g/mol. The van der Waals surface area contributed by atoms with E-state index in [1.54, 1.807) is 11.6 Å². The highest BCUT2D eigenvalue weighted by Crippen LogP contribution is 2.32. The lowest BCUT2D eigenvalue weighted by atomic mass is 9.98. The van der Waals surface area contributed by atoms with E-state index in [4.69, 9.17) is 5.10 Å². The predicted octanol–water partition coefficient (Wildman–Crippen LogP) is 2.39. The van der Waals surface area contributed by atoms with E-state index >= 15 is 0 Å². The molecule has 0 radical (unpaired) electrons. The molecule has 0 unspecified atom stereocenters. The molecule has 3 heterocycles. The first-order valence-corrected chi connectivity index (χ1v) is 8.42. The molecule has 4 rings (SSSR count). The summed E-state index contributed by atoms with van der Waals surface area (Å²) in [5, 5.41) is 9.01. The molecule has 2 aromatic heterocycles. The lowest BCUT2D eigenvalue weighted by molar-refractivity contribution is -0.129. The quantitative estimate of drug-likeness (QED) is 0.722. The van der Waals surface area contributed by atoms with Crippen LogP contribution in [0.2, 0.25) is 0 Å². The molecule has 0 saturated carbocycles. The van der Waals surface area contributed by atoms with E-state index in [-0.39, 0.29) is 5.91 Å². The number of benzene rings is 1. The van der Waals surface area contributed by atoms with Crippen LogP contribution in [-0.4, -0.2) is 36.9 Å². The van der Waals surface area contributed by atoms with Crippen molar-refractivity contribution >= 4 is 5.91 Å². The summed E-state index contributed by atoms with van der Waals surface area (Å²) < 4.78 is 3.76. The predicted molar refractivity (Wildman–Crippen MR) is 95.6 cm³/mol. The summed E-state index contributed by atoms with van der Waals surface area (Å²) in [6.07, 6.45) is 4.72. The molecule has 1 aliphatic rings. The van der Waals surface area contributed by atoms with Crippen molar-refractivity contribution < 1.29 is 4.79 Å². The molecule has 6 nitrogen and oxygen atoms in total. The van der Waals surface area contributed by atoms with Crippen molar-refractivity contribution in [2.75, 3.05) is 6.54 Å². The van der Waals surface area contributed by atoms with E-state index in [9.17, 15) is 4.79 Å². The third-order valence-corrected chi connectivity index (χ3v) is 4.86. The molecule has 0 fully saturated rings. The van der Waals surface area contributed by atoms with Crippen LogP contribution in [0.15, 0.2) is 36.7 Å². The molecule has 0 aliphatic carbocycles. The first kappa shape index (κ1) is 15.6. The Kier molecular flexibility index (Phi) is 3.67. The van der Waals surface area contributed by atoms with Gasteiger partial charge in [0.1, 0.15) is 0 Å². The highest BCUT2D eigenvalue weighted by atomic mass is 16.2. The van der Waals surface area contributed by atoms with Gasteiger partial charge in [0, 0.05) is 69.1 Å². The smallest absolute Gasteiger partial charge is 0.219 e. The second kappa shape index (κ2) is 5.88. The number of carbonyl (C=O) groups is 1. The van der Waals surface area contributed by atoms with Gasteiger partial charge in [-0.15, -0.1) is 0 Å². The molecule has 0 bridgehead atoms. The van der Waals surface area contributed by atoms with Crippen LogP contribution in [0.25, 0.3) is 22.4 Å². The zero-order valence-electron chi connectivity index (χ0n) is 14.7. The summed E-state index contributed by atoms with van der Waals surface area (Å²) in [7, 11) is 3.90. The van der Waals surface area contributed by atoms with Gasteiger partial charge in [-0.25, -0.2) is 0 Å². The normalized spacial score (nSPS) is 13.8. The Morgan fingerprint density at radius 3 is 2.68 bits per heavy atom. The largest absolute Gasteiger partial charge is 0.338 e. The van der Waals surface area contributed by atoms with Crippen molar-refractivity contribution in [3.8, 4) is 22.4 Å². The lowest BCUT2D eigenvalue weighted by Crippen LogP contribution is -2.34. The molecule has 3 aromatic rings. The van der Waals surface area contributed by atoms with Gasteiger partial charge in [-0.2, -0.15) is 10.2 Å². The number of rotatable bonds is 2. The molecule has 0 saturated heterocycles. The molecular formula is C19H21N5O. The van der Waals surface area contributed by atoms with Crippen molar-refractivity contribution in [2.24, 2.45) is 14.1 Å². The molecule has 1 amide bonds. The molecule has 128 valence electrons. The maximum absolute atomic E-state index is 11.8. The molecule has 1 aromatic carbocycles. The van der Waals surface area contributed by atoms with Crippen molar-refractivity contribution in [1.29, 1.82) is 0 Å². The van der Waals surface area contributed by atoms with E-state index in [2.05, 4.69) is 23.3 Å². The Labute approximate surface area is 146 Å². The summed E-state index contributed by atoms with van der Waals surface area (Å²) in [6, 6.07) is 8.35. The maximum atomic E-state index is 11.8. The van der Waals surface area contributed by atoms with Crippen LogP contribution in [0.1, 0.15) is 18.2 Å². The SMILES string of the molecule is CC(=O)N1CCc2c(c(-c3cccc(-c4cnn(C)c4)c3)nn2C)C1. The lowest BCUT2D eigenvalue weighted by Gasteiger charge is -2.26. The van der Waals surface area contributed by atoms with Crippen molar-refractivity contribution in [1.82, 2.24) is 24.5 Å². The number of hydrogen-bond acceptors (Lipinski definition) is 3. The van der Waals surface area contributed by atoms with E-state index in [1.165, 1.54) is 5.69 Å². The van der Waals surface area contributed by atoms with Crippen LogP contribution in [0.5, 0.6) is 0 Å². The summed E-state index contributed by atoms with van der Waals surface area (Å²) >= 11 is 0. The van der Waals surface area contributed by atoms with Gasteiger partial charge in [-0.05, 0) is 11.6 Å². The van der Waals surface area contributed by atoms with E-state index < -0.39 is 0 Å². The second-order valence-corrected chi connectivity index (χ2v) is 6.57. The van der Waals surface area contributed by atoms with Crippen LogP contribution in [-0.2, 0) is 31.9 Å². The fourth-order valence-electron chi connectivity index (χ4n) is 3.51. The fourth-order valence-corrected chi connectivity index (χ4v) is 3.51. The van der Waals surface area contributed by atoms with Gasteiger partial charge < -0.3 is 4.90 Å². The van der Waals surface area contributed by atoms with Crippen LogP contribution in [0.3, 0.4) is 0 Å². The number of aromatic nitrogens is 4. The minimum Gasteiger partial charge on any atom is -0.338 e. The minimum atomic E-state index is 0.115. The molecule has 1 aliphatic heterocycles. The standard InChI is InChI=1S/C19H21N5O/c1-13(25)24-8-7-18-17(12-24)19(21-23(18)3)15-6-4-5-14(9-15)16-10-20-22(2)11-16/h4-6,9-11H,7-8,12H2,1-3H3. The Hall–Kier alpha value is -2.89. The molecule has 0 spiro atoms. The number of carbonyl (C=O) groups excluding carboxylic acids is 1. The zero-order chi connectivity index (χ0) is 17.6. The Bertz CT molecular complexity index is 953. The van der Waals surface area contributed by atoms with Crippen molar-refractivity contribution in [3.05, 3.63) is 47.9 Å². The van der Waals surface area contributed by atoms with Gasteiger partial charge in [0.15, 0.2) is 0 Å². The Morgan fingerprint density at radius 2 is 1.96 bits per heavy atom. The second-order valence-electron chi connectivity index (χ2n) is 6.57. The zero-order valence-corrected chi connectivity index (χ0v) is 14.7. The monoisotopic (exact) mass is 335 g/mol. The molecule has 0 N–H and O–H groups in total. The third kappa shape index (κ3) is 2.73. The number of amides is 1. The molecule has 6 heteroatoms. The van der Waals surface area contributed by atoms with E-state index in [1.807, 2.05) is 42.1 Å². The first-order chi connectivity index (χ1) is 12.0. The Balaban J connectivity index is 1.77. The highest BCUT2D eigenvalue weighted by Gasteiger charge is 2.25. The van der Waals surface area contributed by atoms with Gasteiger partial charge in [0.05, 0.1) is 11.9 Å². The van der Waals surface area contributed by atoms with E-state index in [0.29, 0.717) is 6.54 Å².